The van der Waals surface area contributed by atoms with Gasteiger partial charge in [0, 0.05) is 26.3 Å². The molecule has 7 heteroatoms. The Morgan fingerprint density at radius 2 is 2.29 bits per heavy atom. The summed E-state index contributed by atoms with van der Waals surface area (Å²) >= 11 is 0. The molecule has 17 heavy (non-hydrogen) atoms. The minimum atomic E-state index is -3.38. The van der Waals surface area contributed by atoms with Crippen LogP contribution in [-0.2, 0) is 16.6 Å². The predicted molar refractivity (Wildman–Crippen MR) is 63.8 cm³/mol. The molecule has 2 N–H and O–H groups in total. The van der Waals surface area contributed by atoms with Crippen LogP contribution in [0.15, 0.2) is 17.3 Å². The summed E-state index contributed by atoms with van der Waals surface area (Å²) in [4.78, 5) is 0.245. The summed E-state index contributed by atoms with van der Waals surface area (Å²) in [5.74, 6) is 0.536. The molecular formula is C10H18N4O2S. The Morgan fingerprint density at radius 1 is 1.59 bits per heavy atom. The van der Waals surface area contributed by atoms with Crippen molar-refractivity contribution in [1.29, 1.82) is 0 Å². The fourth-order valence-corrected chi connectivity index (χ4v) is 2.88. The van der Waals surface area contributed by atoms with Crippen LogP contribution in [0.5, 0.6) is 0 Å². The van der Waals surface area contributed by atoms with Gasteiger partial charge in [0.15, 0.2) is 0 Å². The Bertz CT molecular complexity index is 478. The maximum atomic E-state index is 12.2. The minimum Gasteiger partial charge on any atom is -0.329 e. The molecule has 96 valence electrons. The normalized spacial score (nSPS) is 16.6. The number of aromatic nitrogens is 2. The van der Waals surface area contributed by atoms with Crippen LogP contribution in [0.1, 0.15) is 12.8 Å². The van der Waals surface area contributed by atoms with E-state index in [2.05, 4.69) is 5.10 Å². The second-order valence-corrected chi connectivity index (χ2v) is 6.50. The molecule has 1 aliphatic rings. The van der Waals surface area contributed by atoms with Crippen molar-refractivity contribution < 1.29 is 8.42 Å². The highest BCUT2D eigenvalue weighted by Crippen LogP contribution is 2.30. The zero-order valence-electron chi connectivity index (χ0n) is 9.91. The van der Waals surface area contributed by atoms with Gasteiger partial charge in [0.05, 0.1) is 12.7 Å². The van der Waals surface area contributed by atoms with Crippen molar-refractivity contribution in [2.45, 2.75) is 24.3 Å². The third-order valence-electron chi connectivity index (χ3n) is 2.89. The van der Waals surface area contributed by atoms with Crippen molar-refractivity contribution in [3.63, 3.8) is 0 Å². The lowest BCUT2D eigenvalue weighted by atomic mass is 10.4. The number of hydrogen-bond donors (Lipinski definition) is 1. The second kappa shape index (κ2) is 4.75. The molecule has 0 amide bonds. The quantitative estimate of drug-likeness (QED) is 0.771. The van der Waals surface area contributed by atoms with E-state index < -0.39 is 10.0 Å². The van der Waals surface area contributed by atoms with E-state index in [-0.39, 0.29) is 4.90 Å². The average Bonchev–Trinajstić information content (AvgIpc) is 2.95. The zero-order chi connectivity index (χ0) is 12.5. The van der Waals surface area contributed by atoms with Crippen LogP contribution in [0.3, 0.4) is 0 Å². The van der Waals surface area contributed by atoms with Crippen molar-refractivity contribution in [3.05, 3.63) is 12.4 Å². The van der Waals surface area contributed by atoms with Crippen LogP contribution in [0.25, 0.3) is 0 Å². The van der Waals surface area contributed by atoms with E-state index in [4.69, 9.17) is 5.73 Å². The molecule has 0 spiro atoms. The van der Waals surface area contributed by atoms with Crippen LogP contribution in [0.2, 0.25) is 0 Å². The molecule has 0 radical (unpaired) electrons. The van der Waals surface area contributed by atoms with Gasteiger partial charge in [0.1, 0.15) is 4.90 Å². The van der Waals surface area contributed by atoms with E-state index >= 15 is 0 Å². The molecule has 1 heterocycles. The minimum absolute atomic E-state index is 0.245. The number of nitrogens with zero attached hydrogens (tertiary/aromatic N) is 3. The Balaban J connectivity index is 2.11. The van der Waals surface area contributed by atoms with Crippen molar-refractivity contribution >= 4 is 10.0 Å². The van der Waals surface area contributed by atoms with Gasteiger partial charge < -0.3 is 5.73 Å². The van der Waals surface area contributed by atoms with Crippen molar-refractivity contribution in [3.8, 4) is 0 Å². The van der Waals surface area contributed by atoms with Gasteiger partial charge in [-0.05, 0) is 18.8 Å². The third-order valence-corrected chi connectivity index (χ3v) is 4.66. The SMILES string of the molecule is CN(CC1CC1)S(=O)(=O)c1cnn(CCN)c1. The van der Waals surface area contributed by atoms with Crippen LogP contribution in [0, 0.1) is 5.92 Å². The van der Waals surface area contributed by atoms with E-state index in [1.54, 1.807) is 11.7 Å². The topological polar surface area (TPSA) is 81.2 Å². The largest absolute Gasteiger partial charge is 0.329 e. The van der Waals surface area contributed by atoms with Crippen molar-refractivity contribution in [1.82, 2.24) is 14.1 Å². The lowest BCUT2D eigenvalue weighted by molar-refractivity contribution is 0.452. The molecule has 0 atom stereocenters. The second-order valence-electron chi connectivity index (χ2n) is 4.46. The van der Waals surface area contributed by atoms with Crippen molar-refractivity contribution in [2.24, 2.45) is 11.7 Å². The Kier molecular flexibility index (Phi) is 3.50. The maximum Gasteiger partial charge on any atom is 0.245 e. The van der Waals surface area contributed by atoms with Gasteiger partial charge >= 0.3 is 0 Å². The highest BCUT2D eigenvalue weighted by Gasteiger charge is 2.29. The summed E-state index contributed by atoms with van der Waals surface area (Å²) in [6.45, 7) is 1.57. The summed E-state index contributed by atoms with van der Waals surface area (Å²) in [6, 6.07) is 0. The standard InChI is InChI=1S/C10H18N4O2S/c1-13(7-9-2-3-9)17(15,16)10-6-12-14(8-10)5-4-11/h6,8-9H,2-5,7,11H2,1H3. The molecule has 0 bridgehead atoms. The molecule has 1 saturated carbocycles. The Hall–Kier alpha value is -0.920. The summed E-state index contributed by atoms with van der Waals surface area (Å²) in [7, 11) is -1.76. The fourth-order valence-electron chi connectivity index (χ4n) is 1.67. The predicted octanol–water partition coefficient (Wildman–Crippen LogP) is -0.128. The summed E-state index contributed by atoms with van der Waals surface area (Å²) in [6.07, 6.45) is 5.18. The van der Waals surface area contributed by atoms with Crippen LogP contribution in [-0.4, -0.2) is 42.6 Å². The van der Waals surface area contributed by atoms with Crippen LogP contribution >= 0.6 is 0 Å². The van der Waals surface area contributed by atoms with E-state index in [1.807, 2.05) is 0 Å². The highest BCUT2D eigenvalue weighted by atomic mass is 32.2. The van der Waals surface area contributed by atoms with Crippen molar-refractivity contribution in [2.75, 3.05) is 20.1 Å². The van der Waals surface area contributed by atoms with Gasteiger partial charge in [-0.3, -0.25) is 4.68 Å². The van der Waals surface area contributed by atoms with Gasteiger partial charge in [0.25, 0.3) is 0 Å². The van der Waals surface area contributed by atoms with E-state index in [0.717, 1.165) is 12.8 Å². The first-order valence-electron chi connectivity index (χ1n) is 5.73. The molecule has 0 aliphatic heterocycles. The average molecular weight is 258 g/mol. The van der Waals surface area contributed by atoms with Gasteiger partial charge in [-0.15, -0.1) is 0 Å². The lowest BCUT2D eigenvalue weighted by Gasteiger charge is -2.15. The maximum absolute atomic E-state index is 12.2. The van der Waals surface area contributed by atoms with Gasteiger partial charge in [-0.1, -0.05) is 0 Å². The molecule has 1 aromatic rings. The third kappa shape index (κ3) is 2.85. The smallest absolute Gasteiger partial charge is 0.245 e. The monoisotopic (exact) mass is 258 g/mol. The molecule has 2 rings (SSSR count). The Morgan fingerprint density at radius 3 is 2.88 bits per heavy atom. The molecule has 1 fully saturated rings. The highest BCUT2D eigenvalue weighted by molar-refractivity contribution is 7.89. The molecule has 1 aromatic heterocycles. The van der Waals surface area contributed by atoms with Gasteiger partial charge in [-0.2, -0.15) is 5.10 Å². The fraction of sp³-hybridized carbons (Fsp3) is 0.700. The molecule has 6 nitrogen and oxygen atoms in total. The van der Waals surface area contributed by atoms with E-state index in [9.17, 15) is 8.42 Å². The molecule has 0 saturated heterocycles. The summed E-state index contributed by atoms with van der Waals surface area (Å²) in [5, 5.41) is 3.98. The van der Waals surface area contributed by atoms with E-state index in [0.29, 0.717) is 25.6 Å². The van der Waals surface area contributed by atoms with Crippen LogP contribution < -0.4 is 5.73 Å². The summed E-state index contributed by atoms with van der Waals surface area (Å²) in [5.41, 5.74) is 5.39. The zero-order valence-corrected chi connectivity index (χ0v) is 10.7. The van der Waals surface area contributed by atoms with Crippen LogP contribution in [0.4, 0.5) is 0 Å². The molecule has 0 unspecified atom stereocenters. The van der Waals surface area contributed by atoms with Gasteiger partial charge in [-0.25, -0.2) is 12.7 Å². The Labute approximate surface area is 101 Å². The lowest BCUT2D eigenvalue weighted by Crippen LogP contribution is -2.28. The first-order chi connectivity index (χ1) is 8.04. The number of nitrogens with two attached hydrogens (primary N) is 1. The first-order valence-corrected chi connectivity index (χ1v) is 7.17. The van der Waals surface area contributed by atoms with Gasteiger partial charge in [0.2, 0.25) is 10.0 Å². The van der Waals surface area contributed by atoms with E-state index in [1.165, 1.54) is 16.7 Å². The number of hydrogen-bond acceptors (Lipinski definition) is 4. The molecule has 1 aliphatic carbocycles. The molecule has 0 aromatic carbocycles. The number of sulfonamides is 1. The molecular weight excluding hydrogens is 240 g/mol. The summed E-state index contributed by atoms with van der Waals surface area (Å²) < 4.78 is 27.3. The first kappa shape index (κ1) is 12.5. The number of rotatable bonds is 6.